The van der Waals surface area contributed by atoms with Gasteiger partial charge in [0.25, 0.3) is 11.1 Å². The van der Waals surface area contributed by atoms with E-state index in [1.54, 1.807) is 31.3 Å². The Balaban J connectivity index is 2.20. The quantitative estimate of drug-likeness (QED) is 0.778. The molecule has 0 fully saturated rings. The van der Waals surface area contributed by atoms with E-state index >= 15 is 0 Å². The van der Waals surface area contributed by atoms with Gasteiger partial charge in [0, 0.05) is 12.6 Å². The maximum Gasteiger partial charge on any atom is 0.273 e. The van der Waals surface area contributed by atoms with Gasteiger partial charge in [-0.3, -0.25) is 19.4 Å². The van der Waals surface area contributed by atoms with Crippen LogP contribution in [0.5, 0.6) is 0 Å². The molecule has 0 aliphatic heterocycles. The SMILES string of the molecule is Cc1nn(C)c(Cl)c1Cn1[nH]c(=O)c2ccccc2c1=O. The standard InChI is InChI=1S/C14H13ClN4O2/c1-8-11(12(15)18(2)16-8)7-19-14(21)10-6-4-3-5-9(10)13(20)17-19/h3-6H,7H2,1-2H3,(H,17,20). The number of hydrogen-bond acceptors (Lipinski definition) is 3. The van der Waals surface area contributed by atoms with Crippen LogP contribution in [-0.4, -0.2) is 19.6 Å². The molecule has 0 amide bonds. The van der Waals surface area contributed by atoms with E-state index in [1.807, 2.05) is 6.92 Å². The highest BCUT2D eigenvalue weighted by molar-refractivity contribution is 6.30. The van der Waals surface area contributed by atoms with Gasteiger partial charge in [0.1, 0.15) is 5.15 Å². The van der Waals surface area contributed by atoms with Crippen molar-refractivity contribution in [3.8, 4) is 0 Å². The summed E-state index contributed by atoms with van der Waals surface area (Å²) < 4.78 is 2.80. The molecule has 108 valence electrons. The van der Waals surface area contributed by atoms with Crippen LogP contribution in [0.4, 0.5) is 0 Å². The molecule has 0 aliphatic rings. The minimum Gasteiger partial charge on any atom is -0.267 e. The molecule has 21 heavy (non-hydrogen) atoms. The van der Waals surface area contributed by atoms with Gasteiger partial charge >= 0.3 is 0 Å². The average molecular weight is 305 g/mol. The number of aromatic amines is 1. The minimum atomic E-state index is -0.303. The normalized spacial score (nSPS) is 11.2. The molecule has 2 aromatic heterocycles. The molecule has 3 aromatic rings. The molecule has 0 aliphatic carbocycles. The maximum atomic E-state index is 12.4. The molecule has 0 bridgehead atoms. The Bertz CT molecular complexity index is 952. The first-order valence-corrected chi connectivity index (χ1v) is 6.76. The lowest BCUT2D eigenvalue weighted by molar-refractivity contribution is 0.634. The Labute approximate surface area is 124 Å². The fourth-order valence-corrected chi connectivity index (χ4v) is 2.60. The number of aromatic nitrogens is 4. The average Bonchev–Trinajstić information content (AvgIpc) is 2.71. The summed E-state index contributed by atoms with van der Waals surface area (Å²) >= 11 is 6.17. The predicted octanol–water partition coefficient (Wildman–Crippen LogP) is 1.43. The Hall–Kier alpha value is -2.34. The molecule has 1 aromatic carbocycles. The summed E-state index contributed by atoms with van der Waals surface area (Å²) in [5, 5.41) is 8.00. The van der Waals surface area contributed by atoms with Gasteiger partial charge in [0.2, 0.25) is 0 Å². The van der Waals surface area contributed by atoms with Gasteiger partial charge in [-0.1, -0.05) is 23.7 Å². The topological polar surface area (TPSA) is 72.7 Å². The Morgan fingerprint density at radius 1 is 1.24 bits per heavy atom. The van der Waals surface area contributed by atoms with Crippen LogP contribution in [0.15, 0.2) is 33.9 Å². The second kappa shape index (κ2) is 4.89. The summed E-state index contributed by atoms with van der Waals surface area (Å²) in [6.07, 6.45) is 0. The van der Waals surface area contributed by atoms with E-state index in [2.05, 4.69) is 10.2 Å². The van der Waals surface area contributed by atoms with Crippen molar-refractivity contribution in [2.75, 3.05) is 0 Å². The van der Waals surface area contributed by atoms with Crippen molar-refractivity contribution < 1.29 is 0 Å². The Kier molecular flexibility index (Phi) is 3.17. The summed E-state index contributed by atoms with van der Waals surface area (Å²) in [7, 11) is 1.73. The number of halogens is 1. The van der Waals surface area contributed by atoms with E-state index in [1.165, 1.54) is 9.36 Å². The molecule has 0 unspecified atom stereocenters. The van der Waals surface area contributed by atoms with Crippen LogP contribution in [0, 0.1) is 6.92 Å². The maximum absolute atomic E-state index is 12.4. The van der Waals surface area contributed by atoms with Crippen LogP contribution >= 0.6 is 11.6 Å². The number of benzene rings is 1. The third-order valence-corrected chi connectivity index (χ3v) is 3.94. The van der Waals surface area contributed by atoms with E-state index in [0.717, 1.165) is 5.69 Å². The summed E-state index contributed by atoms with van der Waals surface area (Å²) in [5.74, 6) is 0. The van der Waals surface area contributed by atoms with Crippen molar-refractivity contribution in [3.05, 3.63) is 61.4 Å². The number of nitrogens with one attached hydrogen (secondary N) is 1. The van der Waals surface area contributed by atoms with Crippen molar-refractivity contribution in [2.45, 2.75) is 13.5 Å². The minimum absolute atomic E-state index is 0.178. The van der Waals surface area contributed by atoms with Crippen molar-refractivity contribution in [3.63, 3.8) is 0 Å². The largest absolute Gasteiger partial charge is 0.273 e. The van der Waals surface area contributed by atoms with Gasteiger partial charge < -0.3 is 0 Å². The van der Waals surface area contributed by atoms with Crippen LogP contribution in [0.1, 0.15) is 11.3 Å². The van der Waals surface area contributed by atoms with Crippen LogP contribution in [0.2, 0.25) is 5.15 Å². The first-order valence-electron chi connectivity index (χ1n) is 6.39. The van der Waals surface area contributed by atoms with E-state index < -0.39 is 0 Å². The summed E-state index contributed by atoms with van der Waals surface area (Å²) in [6, 6.07) is 6.72. The molecular formula is C14H13ClN4O2. The van der Waals surface area contributed by atoms with Crippen molar-refractivity contribution >= 4 is 22.4 Å². The lowest BCUT2D eigenvalue weighted by atomic mass is 10.2. The summed E-state index contributed by atoms with van der Waals surface area (Å²) in [5.41, 5.74) is 0.878. The molecule has 0 radical (unpaired) electrons. The van der Waals surface area contributed by atoms with Gasteiger partial charge in [-0.25, -0.2) is 4.68 Å². The monoisotopic (exact) mass is 304 g/mol. The van der Waals surface area contributed by atoms with E-state index in [4.69, 9.17) is 11.6 Å². The first-order chi connectivity index (χ1) is 9.99. The molecule has 1 N–H and O–H groups in total. The zero-order valence-corrected chi connectivity index (χ0v) is 12.3. The molecule has 0 saturated heterocycles. The number of rotatable bonds is 2. The number of aryl methyl sites for hydroxylation is 2. The number of nitrogens with zero attached hydrogens (tertiary/aromatic N) is 3. The lowest BCUT2D eigenvalue weighted by Gasteiger charge is -2.07. The molecule has 7 heteroatoms. The highest BCUT2D eigenvalue weighted by Crippen LogP contribution is 2.19. The number of H-pyrrole nitrogens is 1. The molecule has 2 heterocycles. The molecule has 0 saturated carbocycles. The van der Waals surface area contributed by atoms with Gasteiger partial charge in [-0.05, 0) is 19.1 Å². The van der Waals surface area contributed by atoms with Gasteiger partial charge in [-0.2, -0.15) is 5.10 Å². The predicted molar refractivity (Wildman–Crippen MR) is 80.9 cm³/mol. The fraction of sp³-hybridized carbons (Fsp3) is 0.214. The smallest absolute Gasteiger partial charge is 0.267 e. The first kappa shape index (κ1) is 13.6. The number of hydrogen-bond donors (Lipinski definition) is 1. The summed E-state index contributed by atoms with van der Waals surface area (Å²) in [6.45, 7) is 1.99. The van der Waals surface area contributed by atoms with Gasteiger partial charge in [-0.15, -0.1) is 0 Å². The number of fused-ring (bicyclic) bond motifs is 1. The second-order valence-electron chi connectivity index (χ2n) is 4.86. The summed E-state index contributed by atoms with van der Waals surface area (Å²) in [4.78, 5) is 24.5. The van der Waals surface area contributed by atoms with Gasteiger partial charge in [0.05, 0.1) is 23.0 Å². The van der Waals surface area contributed by atoms with Crippen molar-refractivity contribution in [1.82, 2.24) is 19.6 Å². The second-order valence-corrected chi connectivity index (χ2v) is 5.21. The lowest BCUT2D eigenvalue weighted by Crippen LogP contribution is -2.30. The van der Waals surface area contributed by atoms with E-state index in [-0.39, 0.29) is 17.7 Å². The zero-order chi connectivity index (χ0) is 15.1. The third kappa shape index (κ3) is 2.17. The highest BCUT2D eigenvalue weighted by Gasteiger charge is 2.14. The fourth-order valence-electron chi connectivity index (χ4n) is 2.37. The van der Waals surface area contributed by atoms with Crippen LogP contribution in [0.25, 0.3) is 10.8 Å². The Morgan fingerprint density at radius 2 is 1.90 bits per heavy atom. The third-order valence-electron chi connectivity index (χ3n) is 3.47. The van der Waals surface area contributed by atoms with Gasteiger partial charge in [0.15, 0.2) is 0 Å². The molecule has 6 nitrogen and oxygen atoms in total. The van der Waals surface area contributed by atoms with E-state index in [0.29, 0.717) is 21.5 Å². The zero-order valence-electron chi connectivity index (χ0n) is 11.6. The molecule has 3 rings (SSSR count). The van der Waals surface area contributed by atoms with Crippen LogP contribution in [-0.2, 0) is 13.6 Å². The van der Waals surface area contributed by atoms with Crippen LogP contribution < -0.4 is 11.1 Å². The van der Waals surface area contributed by atoms with Crippen LogP contribution in [0.3, 0.4) is 0 Å². The molecule has 0 spiro atoms. The van der Waals surface area contributed by atoms with E-state index in [9.17, 15) is 9.59 Å². The van der Waals surface area contributed by atoms with Crippen molar-refractivity contribution in [2.24, 2.45) is 7.05 Å². The van der Waals surface area contributed by atoms with Crippen molar-refractivity contribution in [1.29, 1.82) is 0 Å². The Morgan fingerprint density at radius 3 is 2.52 bits per heavy atom. The molecule has 0 atom stereocenters. The molecular weight excluding hydrogens is 292 g/mol. The highest BCUT2D eigenvalue weighted by atomic mass is 35.5.